The summed E-state index contributed by atoms with van der Waals surface area (Å²) in [7, 11) is 4.55. The average Bonchev–Trinajstić information content (AvgIpc) is 3.05. The van der Waals surface area contributed by atoms with Gasteiger partial charge in [0.05, 0.1) is 38.7 Å². The molecule has 0 saturated carbocycles. The van der Waals surface area contributed by atoms with Crippen LogP contribution in [0.1, 0.15) is 48.7 Å². The molecular formula is C31H31BrN2O5. The highest BCUT2D eigenvalue weighted by Gasteiger charge is 2.43. The number of hydrogen-bond donors (Lipinski definition) is 1. The van der Waals surface area contributed by atoms with Crippen molar-refractivity contribution in [2.75, 3.05) is 31.5 Å². The first-order valence-corrected chi connectivity index (χ1v) is 13.5. The zero-order valence-electron chi connectivity index (χ0n) is 22.6. The number of para-hydroxylation sites is 2. The van der Waals surface area contributed by atoms with Crippen LogP contribution >= 0.6 is 15.9 Å². The van der Waals surface area contributed by atoms with Crippen molar-refractivity contribution in [1.29, 1.82) is 0 Å². The lowest BCUT2D eigenvalue weighted by Crippen LogP contribution is -2.39. The van der Waals surface area contributed by atoms with Crippen molar-refractivity contribution in [1.82, 2.24) is 0 Å². The molecule has 0 fully saturated rings. The van der Waals surface area contributed by atoms with E-state index in [-0.39, 0.29) is 17.1 Å². The maximum absolute atomic E-state index is 14.6. The molecule has 1 aliphatic heterocycles. The number of fused-ring (bicyclic) bond motifs is 1. The van der Waals surface area contributed by atoms with Gasteiger partial charge in [-0.2, -0.15) is 0 Å². The molecule has 2 aliphatic rings. The van der Waals surface area contributed by atoms with Crippen LogP contribution in [-0.4, -0.2) is 33.0 Å². The molecule has 3 aromatic carbocycles. The molecule has 0 radical (unpaired) electrons. The standard InChI is InChI=1S/C31H31BrN2O5/c1-31(2)16-22-27(24(35)17-31)28(18-9-8-10-20(32)13-18)34(23-12-7-6-11-21(23)33-22)30(36)19-14-25(37-3)29(39-5)26(15-19)38-4/h6-15,28,33H,16-17H2,1-5H3/t28-/m1/s1. The van der Waals surface area contributed by atoms with Crippen LogP contribution in [0.25, 0.3) is 0 Å². The van der Waals surface area contributed by atoms with E-state index in [4.69, 9.17) is 14.2 Å². The predicted octanol–water partition coefficient (Wildman–Crippen LogP) is 6.93. The Morgan fingerprint density at radius 1 is 0.949 bits per heavy atom. The van der Waals surface area contributed by atoms with Crippen molar-refractivity contribution in [2.24, 2.45) is 5.41 Å². The molecule has 0 aromatic heterocycles. The van der Waals surface area contributed by atoms with Gasteiger partial charge in [-0.25, -0.2) is 0 Å². The van der Waals surface area contributed by atoms with Crippen molar-refractivity contribution < 1.29 is 23.8 Å². The lowest BCUT2D eigenvalue weighted by atomic mass is 9.73. The summed E-state index contributed by atoms with van der Waals surface area (Å²) in [6.45, 7) is 4.19. The molecule has 1 atom stereocenters. The highest BCUT2D eigenvalue weighted by molar-refractivity contribution is 9.10. The van der Waals surface area contributed by atoms with Crippen LogP contribution in [0.2, 0.25) is 0 Å². The third-order valence-corrected chi connectivity index (χ3v) is 7.69. The van der Waals surface area contributed by atoms with Crippen LogP contribution in [0.3, 0.4) is 0 Å². The Hall–Kier alpha value is -3.78. The van der Waals surface area contributed by atoms with Gasteiger partial charge in [-0.3, -0.25) is 14.5 Å². The molecule has 8 heteroatoms. The SMILES string of the molecule is COc1cc(C(=O)N2c3ccccc3NC3=C(C(=O)CC(C)(C)C3)[C@H]2c2cccc(Br)c2)cc(OC)c1OC. The Balaban J connectivity index is 1.79. The molecule has 1 heterocycles. The highest BCUT2D eigenvalue weighted by Crippen LogP contribution is 2.49. The molecule has 7 nitrogen and oxygen atoms in total. The minimum Gasteiger partial charge on any atom is -0.493 e. The molecule has 0 spiro atoms. The maximum atomic E-state index is 14.6. The number of benzene rings is 3. The van der Waals surface area contributed by atoms with Gasteiger partial charge in [0.15, 0.2) is 17.3 Å². The third-order valence-electron chi connectivity index (χ3n) is 7.20. The molecule has 0 unspecified atom stereocenters. The normalized spacial score (nSPS) is 17.9. The Labute approximate surface area is 236 Å². The first kappa shape index (κ1) is 26.8. The average molecular weight is 592 g/mol. The topological polar surface area (TPSA) is 77.1 Å². The second-order valence-corrected chi connectivity index (χ2v) is 11.4. The molecule has 39 heavy (non-hydrogen) atoms. The molecule has 202 valence electrons. The number of methoxy groups -OCH3 is 3. The number of anilines is 2. The summed E-state index contributed by atoms with van der Waals surface area (Å²) in [5.41, 5.74) is 3.82. The number of carbonyl (C=O) groups excluding carboxylic acids is 2. The maximum Gasteiger partial charge on any atom is 0.259 e. The lowest BCUT2D eigenvalue weighted by molar-refractivity contribution is -0.118. The van der Waals surface area contributed by atoms with Crippen LogP contribution in [0.4, 0.5) is 11.4 Å². The van der Waals surface area contributed by atoms with E-state index in [1.807, 2.05) is 48.5 Å². The fourth-order valence-corrected chi connectivity index (χ4v) is 5.96. The van der Waals surface area contributed by atoms with E-state index in [0.717, 1.165) is 21.4 Å². The number of amides is 1. The van der Waals surface area contributed by atoms with Gasteiger partial charge in [0.1, 0.15) is 0 Å². The van der Waals surface area contributed by atoms with E-state index in [1.165, 1.54) is 21.3 Å². The number of carbonyl (C=O) groups is 2. The number of ether oxygens (including phenoxy) is 3. The molecule has 1 N–H and O–H groups in total. The van der Waals surface area contributed by atoms with Gasteiger partial charge >= 0.3 is 0 Å². The van der Waals surface area contributed by atoms with Crippen LogP contribution < -0.4 is 24.4 Å². The molecule has 5 rings (SSSR count). The monoisotopic (exact) mass is 590 g/mol. The van der Waals surface area contributed by atoms with Crippen molar-refractivity contribution in [2.45, 2.75) is 32.7 Å². The number of ketones is 1. The second kappa shape index (κ2) is 10.4. The van der Waals surface area contributed by atoms with Gasteiger partial charge < -0.3 is 19.5 Å². The molecule has 1 aliphatic carbocycles. The third kappa shape index (κ3) is 4.89. The summed E-state index contributed by atoms with van der Waals surface area (Å²) >= 11 is 3.59. The minimum absolute atomic E-state index is 0.0224. The Morgan fingerprint density at radius 2 is 1.64 bits per heavy atom. The highest BCUT2D eigenvalue weighted by atomic mass is 79.9. The summed E-state index contributed by atoms with van der Waals surface area (Å²) in [6.07, 6.45) is 1.07. The lowest BCUT2D eigenvalue weighted by Gasteiger charge is -2.37. The summed E-state index contributed by atoms with van der Waals surface area (Å²) in [5.74, 6) is 0.855. The number of allylic oxidation sites excluding steroid dienone is 1. The Bertz CT molecular complexity index is 1470. The van der Waals surface area contributed by atoms with Crippen molar-refractivity contribution >= 4 is 39.0 Å². The van der Waals surface area contributed by atoms with Gasteiger partial charge in [0.2, 0.25) is 5.75 Å². The molecule has 0 bridgehead atoms. The number of hydrogen-bond acceptors (Lipinski definition) is 6. The smallest absolute Gasteiger partial charge is 0.259 e. The van der Waals surface area contributed by atoms with Gasteiger partial charge in [0, 0.05) is 27.7 Å². The zero-order chi connectivity index (χ0) is 27.9. The van der Waals surface area contributed by atoms with Crippen LogP contribution in [-0.2, 0) is 4.79 Å². The van der Waals surface area contributed by atoms with E-state index in [2.05, 4.69) is 35.1 Å². The van der Waals surface area contributed by atoms with Crippen molar-refractivity contribution in [3.05, 3.63) is 87.5 Å². The largest absolute Gasteiger partial charge is 0.493 e. The Morgan fingerprint density at radius 3 is 2.28 bits per heavy atom. The number of rotatable bonds is 5. The first-order valence-electron chi connectivity index (χ1n) is 12.7. The summed E-state index contributed by atoms with van der Waals surface area (Å²) in [4.78, 5) is 30.2. The number of Topliss-reactive ketones (excluding diaryl/α,β-unsaturated/α-hetero) is 1. The van der Waals surface area contributed by atoms with E-state index in [9.17, 15) is 9.59 Å². The fourth-order valence-electron chi connectivity index (χ4n) is 5.55. The number of nitrogens with one attached hydrogen (secondary N) is 1. The van der Waals surface area contributed by atoms with Crippen molar-refractivity contribution in [3.63, 3.8) is 0 Å². The quantitative estimate of drug-likeness (QED) is 0.347. The molecule has 1 amide bonds. The van der Waals surface area contributed by atoms with Crippen LogP contribution in [0.5, 0.6) is 17.2 Å². The summed E-state index contributed by atoms with van der Waals surface area (Å²) in [5, 5.41) is 3.55. The van der Waals surface area contributed by atoms with E-state index >= 15 is 0 Å². The van der Waals surface area contributed by atoms with Crippen molar-refractivity contribution in [3.8, 4) is 17.2 Å². The van der Waals surface area contributed by atoms with E-state index in [1.54, 1.807) is 17.0 Å². The summed E-state index contributed by atoms with van der Waals surface area (Å²) in [6, 6.07) is 18.0. The van der Waals surface area contributed by atoms with Gasteiger partial charge in [-0.1, -0.05) is 54.0 Å². The second-order valence-electron chi connectivity index (χ2n) is 10.5. The first-order chi connectivity index (χ1) is 18.7. The van der Waals surface area contributed by atoms with Gasteiger partial charge in [-0.15, -0.1) is 0 Å². The van der Waals surface area contributed by atoms with Gasteiger partial charge in [-0.05, 0) is 53.8 Å². The zero-order valence-corrected chi connectivity index (χ0v) is 24.2. The molecule has 3 aromatic rings. The molecule has 0 saturated heterocycles. The van der Waals surface area contributed by atoms with Gasteiger partial charge in [0.25, 0.3) is 5.91 Å². The number of nitrogens with zero attached hydrogens (tertiary/aromatic N) is 1. The predicted molar refractivity (Wildman–Crippen MR) is 155 cm³/mol. The van der Waals surface area contributed by atoms with Crippen LogP contribution in [0, 0.1) is 5.41 Å². The summed E-state index contributed by atoms with van der Waals surface area (Å²) < 4.78 is 17.4. The minimum atomic E-state index is -0.663. The number of halogens is 1. The Kier molecular flexibility index (Phi) is 7.16. The molecular weight excluding hydrogens is 560 g/mol. The van der Waals surface area contributed by atoms with E-state index in [0.29, 0.717) is 46.9 Å². The van der Waals surface area contributed by atoms with E-state index < -0.39 is 6.04 Å². The van der Waals surface area contributed by atoms with Crippen LogP contribution in [0.15, 0.2) is 76.4 Å². The fraction of sp³-hybridized carbons (Fsp3) is 0.290.